The molecule has 0 saturated carbocycles. The molecule has 2 aromatic rings. The largest absolute Gasteiger partial charge is 0.368 e. The number of rotatable bonds is 6. The van der Waals surface area contributed by atoms with Crippen LogP contribution in [0.5, 0.6) is 0 Å². The van der Waals surface area contributed by atoms with Crippen molar-refractivity contribution < 1.29 is 14.4 Å². The third-order valence-electron chi connectivity index (χ3n) is 5.13. The van der Waals surface area contributed by atoms with Crippen molar-refractivity contribution >= 4 is 23.4 Å². The van der Waals surface area contributed by atoms with Crippen molar-refractivity contribution in [2.24, 2.45) is 5.73 Å². The second-order valence-corrected chi connectivity index (χ2v) is 7.17. The van der Waals surface area contributed by atoms with E-state index in [9.17, 15) is 14.4 Å². The summed E-state index contributed by atoms with van der Waals surface area (Å²) >= 11 is 0. The molecule has 152 valence electrons. The predicted molar refractivity (Wildman–Crippen MR) is 112 cm³/mol. The average Bonchev–Trinajstić information content (AvgIpc) is 2.73. The lowest BCUT2D eigenvalue weighted by Crippen LogP contribution is -2.56. The molecule has 0 spiro atoms. The second kappa shape index (κ2) is 9.23. The Balaban J connectivity index is 1.62. The van der Waals surface area contributed by atoms with Crippen molar-refractivity contribution in [3.05, 3.63) is 65.7 Å². The number of nitrogens with one attached hydrogen (secondary N) is 1. The molecule has 1 heterocycles. The number of primary amides is 1. The summed E-state index contributed by atoms with van der Waals surface area (Å²) in [6, 6.07) is 15.7. The highest BCUT2D eigenvalue weighted by atomic mass is 16.2. The van der Waals surface area contributed by atoms with Crippen molar-refractivity contribution in [1.29, 1.82) is 0 Å². The van der Waals surface area contributed by atoms with Gasteiger partial charge in [-0.3, -0.25) is 9.59 Å². The molecule has 1 aliphatic rings. The molecule has 0 aromatic heterocycles. The van der Waals surface area contributed by atoms with E-state index in [4.69, 9.17) is 5.73 Å². The summed E-state index contributed by atoms with van der Waals surface area (Å²) in [5.74, 6) is -0.0856. The third kappa shape index (κ3) is 5.34. The summed E-state index contributed by atoms with van der Waals surface area (Å²) in [4.78, 5) is 39.8. The van der Waals surface area contributed by atoms with E-state index in [2.05, 4.69) is 10.2 Å². The first kappa shape index (κ1) is 20.4. The van der Waals surface area contributed by atoms with Crippen molar-refractivity contribution in [2.75, 3.05) is 31.1 Å². The minimum Gasteiger partial charge on any atom is -0.368 e. The molecule has 0 aliphatic carbocycles. The molecule has 1 fully saturated rings. The molecule has 1 aliphatic heterocycles. The Bertz CT molecular complexity index is 859. The first-order valence-electron chi connectivity index (χ1n) is 9.68. The molecule has 3 N–H and O–H groups in total. The van der Waals surface area contributed by atoms with Gasteiger partial charge in [-0.1, -0.05) is 30.3 Å². The van der Waals surface area contributed by atoms with Crippen LogP contribution < -0.4 is 16.0 Å². The Labute approximate surface area is 170 Å². The third-order valence-corrected chi connectivity index (χ3v) is 5.13. The molecule has 0 bridgehead atoms. The summed E-state index contributed by atoms with van der Waals surface area (Å²) in [7, 11) is 0. The fourth-order valence-corrected chi connectivity index (χ4v) is 3.53. The number of carbonyl (C=O) groups is 3. The van der Waals surface area contributed by atoms with Crippen molar-refractivity contribution in [3.8, 4) is 0 Å². The molecule has 2 aromatic carbocycles. The van der Waals surface area contributed by atoms with E-state index in [1.54, 1.807) is 11.8 Å². The fourth-order valence-electron chi connectivity index (χ4n) is 3.53. The first-order valence-corrected chi connectivity index (χ1v) is 9.68. The van der Waals surface area contributed by atoms with Crippen LogP contribution in [0.3, 0.4) is 0 Å². The van der Waals surface area contributed by atoms with E-state index in [-0.39, 0.29) is 11.7 Å². The maximum absolute atomic E-state index is 13.0. The Morgan fingerprint density at radius 1 is 0.966 bits per heavy atom. The number of nitrogens with two attached hydrogens (primary N) is 1. The van der Waals surface area contributed by atoms with Gasteiger partial charge in [-0.15, -0.1) is 0 Å². The minimum atomic E-state index is -0.705. The molecule has 1 saturated heterocycles. The molecule has 3 amide bonds. The zero-order valence-corrected chi connectivity index (χ0v) is 16.5. The van der Waals surface area contributed by atoms with Gasteiger partial charge in [0.15, 0.2) is 5.78 Å². The average molecular weight is 394 g/mol. The van der Waals surface area contributed by atoms with Crippen LogP contribution in [0.4, 0.5) is 10.5 Å². The maximum Gasteiger partial charge on any atom is 0.312 e. The number of piperazine rings is 1. The number of benzene rings is 2. The van der Waals surface area contributed by atoms with E-state index >= 15 is 0 Å². The lowest BCUT2D eigenvalue weighted by Gasteiger charge is -2.37. The van der Waals surface area contributed by atoms with Crippen LogP contribution in [0.1, 0.15) is 22.8 Å². The SMILES string of the molecule is CC(=O)c1ccc(N2CCN(C(=O)[C@@H](Cc3ccccc3)NC(N)=O)CC2)cc1. The summed E-state index contributed by atoms with van der Waals surface area (Å²) in [5.41, 5.74) is 7.96. The smallest absolute Gasteiger partial charge is 0.312 e. The van der Waals surface area contributed by atoms with Crippen LogP contribution in [-0.2, 0) is 11.2 Å². The fraction of sp³-hybridized carbons (Fsp3) is 0.318. The Morgan fingerprint density at radius 2 is 1.59 bits per heavy atom. The van der Waals surface area contributed by atoms with Crippen LogP contribution in [0.15, 0.2) is 54.6 Å². The van der Waals surface area contributed by atoms with Gasteiger partial charge in [0.05, 0.1) is 0 Å². The Hall–Kier alpha value is -3.35. The first-order chi connectivity index (χ1) is 13.9. The van der Waals surface area contributed by atoms with Crippen LogP contribution in [-0.4, -0.2) is 54.8 Å². The molecule has 0 unspecified atom stereocenters. The van der Waals surface area contributed by atoms with Crippen molar-refractivity contribution in [2.45, 2.75) is 19.4 Å². The number of anilines is 1. The van der Waals surface area contributed by atoms with Crippen molar-refractivity contribution in [3.63, 3.8) is 0 Å². The summed E-state index contributed by atoms with van der Waals surface area (Å²) in [6.45, 7) is 4.02. The van der Waals surface area contributed by atoms with Crippen LogP contribution >= 0.6 is 0 Å². The molecular weight excluding hydrogens is 368 g/mol. The number of amides is 3. The monoisotopic (exact) mass is 394 g/mol. The molecule has 1 atom stereocenters. The molecule has 0 radical (unpaired) electrons. The van der Waals surface area contributed by atoms with Gasteiger partial charge < -0.3 is 20.9 Å². The molecule has 29 heavy (non-hydrogen) atoms. The molecular formula is C22H26N4O3. The van der Waals surface area contributed by atoms with Crippen LogP contribution in [0, 0.1) is 0 Å². The molecule has 7 nitrogen and oxygen atoms in total. The highest BCUT2D eigenvalue weighted by Gasteiger charge is 2.28. The minimum absolute atomic E-state index is 0.0402. The topological polar surface area (TPSA) is 95.7 Å². The van der Waals surface area contributed by atoms with E-state index in [1.807, 2.05) is 54.6 Å². The van der Waals surface area contributed by atoms with Gasteiger partial charge >= 0.3 is 6.03 Å². The number of hydrogen-bond donors (Lipinski definition) is 2. The summed E-state index contributed by atoms with van der Waals surface area (Å²) in [5, 5.41) is 2.59. The van der Waals surface area contributed by atoms with Gasteiger partial charge in [0.1, 0.15) is 6.04 Å². The number of nitrogens with zero attached hydrogens (tertiary/aromatic N) is 2. The van der Waals surface area contributed by atoms with Crippen LogP contribution in [0.2, 0.25) is 0 Å². The van der Waals surface area contributed by atoms with E-state index in [1.165, 1.54) is 0 Å². The van der Waals surface area contributed by atoms with E-state index in [0.717, 1.165) is 11.3 Å². The van der Waals surface area contributed by atoms with Gasteiger partial charge in [0.2, 0.25) is 5.91 Å². The zero-order chi connectivity index (χ0) is 20.8. The lowest BCUT2D eigenvalue weighted by molar-refractivity contribution is -0.133. The quantitative estimate of drug-likeness (QED) is 0.731. The number of ketones is 1. The second-order valence-electron chi connectivity index (χ2n) is 7.17. The summed E-state index contributed by atoms with van der Waals surface area (Å²) in [6.07, 6.45) is 0.398. The standard InChI is InChI=1S/C22H26N4O3/c1-16(27)18-7-9-19(10-8-18)25-11-13-26(14-12-25)21(28)20(24-22(23)29)15-17-5-3-2-4-6-17/h2-10,20H,11-15H2,1H3,(H3,23,24,29)/t20-/m1/s1. The lowest BCUT2D eigenvalue weighted by atomic mass is 10.0. The molecule has 3 rings (SSSR count). The van der Waals surface area contributed by atoms with Crippen LogP contribution in [0.25, 0.3) is 0 Å². The van der Waals surface area contributed by atoms with Gasteiger partial charge in [0, 0.05) is 43.9 Å². The van der Waals surface area contributed by atoms with E-state index in [0.29, 0.717) is 38.2 Å². The highest BCUT2D eigenvalue weighted by Crippen LogP contribution is 2.18. The van der Waals surface area contributed by atoms with E-state index < -0.39 is 12.1 Å². The van der Waals surface area contributed by atoms with Crippen molar-refractivity contribution in [1.82, 2.24) is 10.2 Å². The van der Waals surface area contributed by atoms with Gasteiger partial charge in [-0.25, -0.2) is 4.79 Å². The molecule has 7 heteroatoms. The van der Waals surface area contributed by atoms with Gasteiger partial charge in [0.25, 0.3) is 0 Å². The number of Topliss-reactive ketones (excluding diaryl/α,β-unsaturated/α-hetero) is 1. The summed E-state index contributed by atoms with van der Waals surface area (Å²) < 4.78 is 0. The Kier molecular flexibility index (Phi) is 6.49. The normalized spacial score (nSPS) is 14.9. The zero-order valence-electron chi connectivity index (χ0n) is 16.5. The number of hydrogen-bond acceptors (Lipinski definition) is 4. The Morgan fingerprint density at radius 3 is 2.14 bits per heavy atom. The van der Waals surface area contributed by atoms with Gasteiger partial charge in [-0.2, -0.15) is 0 Å². The highest BCUT2D eigenvalue weighted by molar-refractivity contribution is 5.94. The predicted octanol–water partition coefficient (Wildman–Crippen LogP) is 1.82. The maximum atomic E-state index is 13.0. The van der Waals surface area contributed by atoms with Gasteiger partial charge in [-0.05, 0) is 36.8 Å². The number of urea groups is 1. The number of carbonyl (C=O) groups excluding carboxylic acids is 3.